The van der Waals surface area contributed by atoms with Crippen LogP contribution in [0.2, 0.25) is 0 Å². The molecule has 0 unspecified atom stereocenters. The van der Waals surface area contributed by atoms with Gasteiger partial charge in [-0.3, -0.25) is 4.79 Å². The maximum Gasteiger partial charge on any atom is 0.220 e. The van der Waals surface area contributed by atoms with E-state index in [0.717, 1.165) is 19.3 Å². The molecule has 2 N–H and O–H groups in total. The topological polar surface area (TPSA) is 49.3 Å². The van der Waals surface area contributed by atoms with Crippen LogP contribution in [0, 0.1) is 11.3 Å². The Morgan fingerprint density at radius 2 is 1.88 bits per heavy atom. The number of aliphatic hydroxyl groups is 1. The summed E-state index contributed by atoms with van der Waals surface area (Å²) in [5.74, 6) is 0.666. The van der Waals surface area contributed by atoms with Crippen molar-refractivity contribution in [3.8, 4) is 0 Å². The summed E-state index contributed by atoms with van der Waals surface area (Å²) in [7, 11) is 0. The van der Waals surface area contributed by atoms with Crippen LogP contribution in [0.1, 0.15) is 53.4 Å². The maximum absolute atomic E-state index is 11.5. The summed E-state index contributed by atoms with van der Waals surface area (Å²) in [6.45, 7) is 9.07. The van der Waals surface area contributed by atoms with Gasteiger partial charge in [0.2, 0.25) is 5.91 Å². The van der Waals surface area contributed by atoms with E-state index >= 15 is 0 Å². The molecule has 0 bridgehead atoms. The third-order valence-electron chi connectivity index (χ3n) is 3.44. The van der Waals surface area contributed by atoms with Crippen LogP contribution >= 0.6 is 0 Å². The molecule has 3 nitrogen and oxygen atoms in total. The summed E-state index contributed by atoms with van der Waals surface area (Å²) in [5.41, 5.74) is -0.131. The Bertz CT molecular complexity index is 190. The van der Waals surface area contributed by atoms with Gasteiger partial charge in [0.1, 0.15) is 0 Å². The Balaban J connectivity index is 3.97. The van der Waals surface area contributed by atoms with Crippen molar-refractivity contribution >= 4 is 5.91 Å². The first-order chi connectivity index (χ1) is 7.49. The van der Waals surface area contributed by atoms with Crippen molar-refractivity contribution in [2.75, 3.05) is 13.2 Å². The fourth-order valence-electron chi connectivity index (χ4n) is 1.57. The molecule has 0 heterocycles. The van der Waals surface area contributed by atoms with Crippen LogP contribution in [0.3, 0.4) is 0 Å². The Hall–Kier alpha value is -0.570. The molecule has 0 saturated heterocycles. The zero-order chi connectivity index (χ0) is 12.6. The second-order valence-electron chi connectivity index (χ2n) is 5.07. The van der Waals surface area contributed by atoms with Gasteiger partial charge in [0.15, 0.2) is 0 Å². The van der Waals surface area contributed by atoms with Gasteiger partial charge in [-0.05, 0) is 25.2 Å². The summed E-state index contributed by atoms with van der Waals surface area (Å²) < 4.78 is 0. The van der Waals surface area contributed by atoms with Crippen molar-refractivity contribution < 1.29 is 9.90 Å². The Kier molecular flexibility index (Phi) is 7.39. The molecule has 1 amide bonds. The van der Waals surface area contributed by atoms with E-state index in [9.17, 15) is 9.90 Å². The molecule has 0 aliphatic heterocycles. The fourth-order valence-corrected chi connectivity index (χ4v) is 1.57. The molecule has 0 rings (SSSR count). The number of amides is 1. The molecule has 0 aromatic heterocycles. The van der Waals surface area contributed by atoms with E-state index in [1.807, 2.05) is 0 Å². The number of nitrogens with one attached hydrogen (secondary N) is 1. The van der Waals surface area contributed by atoms with E-state index in [1.165, 1.54) is 0 Å². The summed E-state index contributed by atoms with van der Waals surface area (Å²) in [6, 6.07) is 0. The van der Waals surface area contributed by atoms with E-state index in [0.29, 0.717) is 18.9 Å². The summed E-state index contributed by atoms with van der Waals surface area (Å²) >= 11 is 0. The van der Waals surface area contributed by atoms with Gasteiger partial charge in [0.05, 0.1) is 6.61 Å². The normalized spacial score (nSPS) is 11.9. The fraction of sp³-hybridized carbons (Fsp3) is 0.923. The molecular formula is C13H27NO2. The van der Waals surface area contributed by atoms with Gasteiger partial charge in [0.25, 0.3) is 0 Å². The van der Waals surface area contributed by atoms with Gasteiger partial charge < -0.3 is 10.4 Å². The SMILES string of the molecule is CCC(CC)(CO)CNC(=O)CCC(C)C. The number of rotatable bonds is 8. The minimum Gasteiger partial charge on any atom is -0.396 e. The maximum atomic E-state index is 11.5. The van der Waals surface area contributed by atoms with E-state index in [2.05, 4.69) is 33.0 Å². The van der Waals surface area contributed by atoms with Crippen LogP contribution in [0.5, 0.6) is 0 Å². The number of carbonyl (C=O) groups is 1. The number of hydrogen-bond acceptors (Lipinski definition) is 2. The average Bonchev–Trinajstić information content (AvgIpc) is 2.29. The van der Waals surface area contributed by atoms with E-state index in [4.69, 9.17) is 0 Å². The average molecular weight is 229 g/mol. The number of aliphatic hydroxyl groups excluding tert-OH is 1. The van der Waals surface area contributed by atoms with Gasteiger partial charge in [-0.1, -0.05) is 27.7 Å². The highest BCUT2D eigenvalue weighted by Crippen LogP contribution is 2.24. The summed E-state index contributed by atoms with van der Waals surface area (Å²) in [5, 5.41) is 12.3. The molecule has 0 spiro atoms. The van der Waals surface area contributed by atoms with Crippen LogP contribution in [0.4, 0.5) is 0 Å². The minimum absolute atomic E-state index is 0.105. The lowest BCUT2D eigenvalue weighted by Crippen LogP contribution is -2.39. The molecule has 0 aromatic carbocycles. The van der Waals surface area contributed by atoms with Gasteiger partial charge in [-0.25, -0.2) is 0 Å². The van der Waals surface area contributed by atoms with Crippen molar-refractivity contribution in [2.24, 2.45) is 11.3 Å². The molecule has 0 radical (unpaired) electrons. The second-order valence-corrected chi connectivity index (χ2v) is 5.07. The summed E-state index contributed by atoms with van der Waals surface area (Å²) in [4.78, 5) is 11.5. The lowest BCUT2D eigenvalue weighted by Gasteiger charge is -2.29. The molecule has 16 heavy (non-hydrogen) atoms. The zero-order valence-corrected chi connectivity index (χ0v) is 11.2. The lowest BCUT2D eigenvalue weighted by atomic mass is 9.83. The van der Waals surface area contributed by atoms with Gasteiger partial charge in [-0.15, -0.1) is 0 Å². The van der Waals surface area contributed by atoms with Crippen molar-refractivity contribution in [1.29, 1.82) is 0 Å². The van der Waals surface area contributed by atoms with Crippen LogP contribution in [-0.4, -0.2) is 24.2 Å². The van der Waals surface area contributed by atoms with E-state index in [1.54, 1.807) is 0 Å². The highest BCUT2D eigenvalue weighted by Gasteiger charge is 2.25. The molecule has 3 heteroatoms. The number of hydrogen-bond donors (Lipinski definition) is 2. The third kappa shape index (κ3) is 5.50. The predicted octanol–water partition coefficient (Wildman–Crippen LogP) is 2.34. The van der Waals surface area contributed by atoms with Gasteiger partial charge >= 0.3 is 0 Å². The highest BCUT2D eigenvalue weighted by molar-refractivity contribution is 5.75. The Labute approximate surface area is 99.6 Å². The van der Waals surface area contributed by atoms with Crippen molar-refractivity contribution in [3.63, 3.8) is 0 Å². The highest BCUT2D eigenvalue weighted by atomic mass is 16.3. The van der Waals surface area contributed by atoms with Crippen LogP contribution in [0.25, 0.3) is 0 Å². The Morgan fingerprint density at radius 1 is 1.31 bits per heavy atom. The third-order valence-corrected chi connectivity index (χ3v) is 3.44. The molecule has 0 aliphatic carbocycles. The predicted molar refractivity (Wildman–Crippen MR) is 67.2 cm³/mol. The standard InChI is InChI=1S/C13H27NO2/c1-5-13(6-2,10-15)9-14-12(16)8-7-11(3)4/h11,15H,5-10H2,1-4H3,(H,14,16). The van der Waals surface area contributed by atoms with Crippen LogP contribution in [-0.2, 0) is 4.79 Å². The summed E-state index contributed by atoms with van der Waals surface area (Å²) in [6.07, 6.45) is 3.30. The van der Waals surface area contributed by atoms with Gasteiger partial charge in [0, 0.05) is 18.4 Å². The molecule has 0 aliphatic rings. The zero-order valence-electron chi connectivity index (χ0n) is 11.2. The van der Waals surface area contributed by atoms with E-state index < -0.39 is 0 Å². The van der Waals surface area contributed by atoms with Crippen molar-refractivity contribution in [2.45, 2.75) is 53.4 Å². The smallest absolute Gasteiger partial charge is 0.220 e. The number of carbonyl (C=O) groups excluding carboxylic acids is 1. The molecule has 0 aromatic rings. The molecule has 0 fully saturated rings. The Morgan fingerprint density at radius 3 is 2.25 bits per heavy atom. The minimum atomic E-state index is -0.131. The van der Waals surface area contributed by atoms with E-state index in [-0.39, 0.29) is 17.9 Å². The first kappa shape index (κ1) is 15.4. The van der Waals surface area contributed by atoms with Crippen LogP contribution in [0.15, 0.2) is 0 Å². The largest absolute Gasteiger partial charge is 0.396 e. The first-order valence-corrected chi connectivity index (χ1v) is 6.37. The van der Waals surface area contributed by atoms with Gasteiger partial charge in [-0.2, -0.15) is 0 Å². The second kappa shape index (κ2) is 7.66. The quantitative estimate of drug-likeness (QED) is 0.671. The van der Waals surface area contributed by atoms with Crippen molar-refractivity contribution in [1.82, 2.24) is 5.32 Å². The first-order valence-electron chi connectivity index (χ1n) is 6.37. The molecular weight excluding hydrogens is 202 g/mol. The monoisotopic (exact) mass is 229 g/mol. The molecule has 0 atom stereocenters. The lowest BCUT2D eigenvalue weighted by molar-refractivity contribution is -0.122. The molecule has 0 saturated carbocycles. The van der Waals surface area contributed by atoms with Crippen molar-refractivity contribution in [3.05, 3.63) is 0 Å². The molecule has 96 valence electrons. The van der Waals surface area contributed by atoms with Crippen LogP contribution < -0.4 is 5.32 Å².